The second kappa shape index (κ2) is 6.14. The number of nitrogens with zero attached hydrogens (tertiary/aromatic N) is 2. The van der Waals surface area contributed by atoms with Crippen LogP contribution in [0.15, 0.2) is 36.5 Å². The summed E-state index contributed by atoms with van der Waals surface area (Å²) < 4.78 is 5.56. The molecule has 0 spiro atoms. The fourth-order valence-corrected chi connectivity index (χ4v) is 2.71. The highest BCUT2D eigenvalue weighted by Gasteiger charge is 2.21. The summed E-state index contributed by atoms with van der Waals surface area (Å²) in [5.41, 5.74) is 2.56. The van der Waals surface area contributed by atoms with E-state index in [1.54, 1.807) is 13.3 Å². The molecule has 108 valence electrons. The van der Waals surface area contributed by atoms with Gasteiger partial charge in [-0.25, -0.2) is 9.97 Å². The van der Waals surface area contributed by atoms with Crippen LogP contribution in [-0.2, 0) is 11.2 Å². The highest BCUT2D eigenvalue weighted by atomic mass is 16.5. The second-order valence-electron chi connectivity index (χ2n) is 5.25. The van der Waals surface area contributed by atoms with Crippen molar-refractivity contribution in [3.05, 3.63) is 59.2 Å². The summed E-state index contributed by atoms with van der Waals surface area (Å²) in [6.45, 7) is 0. The van der Waals surface area contributed by atoms with E-state index in [0.29, 0.717) is 17.8 Å². The second-order valence-corrected chi connectivity index (χ2v) is 5.25. The molecule has 0 saturated carbocycles. The largest absolute Gasteiger partial charge is 0.369 e. The van der Waals surface area contributed by atoms with Crippen molar-refractivity contribution in [1.82, 2.24) is 9.97 Å². The molecule has 1 aliphatic rings. The van der Waals surface area contributed by atoms with E-state index in [2.05, 4.69) is 9.97 Å². The molecule has 0 saturated heterocycles. The third-order valence-corrected chi connectivity index (χ3v) is 3.83. The van der Waals surface area contributed by atoms with Crippen molar-refractivity contribution in [2.24, 2.45) is 0 Å². The van der Waals surface area contributed by atoms with E-state index in [-0.39, 0.29) is 11.9 Å². The van der Waals surface area contributed by atoms with Crippen molar-refractivity contribution in [3.8, 4) is 0 Å². The average molecular weight is 282 g/mol. The van der Waals surface area contributed by atoms with Crippen LogP contribution in [0.1, 0.15) is 52.8 Å². The zero-order valence-electron chi connectivity index (χ0n) is 12.1. The molecule has 0 aliphatic heterocycles. The zero-order chi connectivity index (χ0) is 14.7. The molecule has 1 aromatic heterocycles. The molecule has 4 heteroatoms. The molecule has 1 atom stereocenters. The van der Waals surface area contributed by atoms with Gasteiger partial charge in [0.1, 0.15) is 6.10 Å². The van der Waals surface area contributed by atoms with Crippen molar-refractivity contribution in [2.45, 2.75) is 31.8 Å². The molecule has 0 amide bonds. The molecule has 0 radical (unpaired) electrons. The number of methoxy groups -OCH3 is 1. The number of ether oxygens (including phenoxy) is 1. The average Bonchev–Trinajstić information content (AvgIpc) is 2.71. The molecule has 0 fully saturated rings. The Morgan fingerprint density at radius 1 is 1.14 bits per heavy atom. The highest BCUT2D eigenvalue weighted by Crippen LogP contribution is 2.25. The van der Waals surface area contributed by atoms with Crippen LogP contribution in [0.2, 0.25) is 0 Å². The molecule has 0 N–H and O–H groups in total. The summed E-state index contributed by atoms with van der Waals surface area (Å²) in [6, 6.07) is 9.89. The van der Waals surface area contributed by atoms with E-state index in [4.69, 9.17) is 4.74 Å². The number of carbonyl (C=O) groups excluding carboxylic acids is 1. The summed E-state index contributed by atoms with van der Waals surface area (Å²) >= 11 is 0. The maximum absolute atomic E-state index is 12.0. The van der Waals surface area contributed by atoms with E-state index in [1.165, 1.54) is 0 Å². The standard InChI is InChI=1S/C17H18N2O2/c1-21-16(12-7-3-2-4-8-12)17-18-11-13-14(19-17)9-5-6-10-15(13)20/h2-4,7-8,11,16H,5-6,9-10H2,1H3. The van der Waals surface area contributed by atoms with Crippen molar-refractivity contribution in [1.29, 1.82) is 0 Å². The first-order valence-electron chi connectivity index (χ1n) is 7.26. The minimum absolute atomic E-state index is 0.155. The van der Waals surface area contributed by atoms with Gasteiger partial charge in [0.15, 0.2) is 11.6 Å². The summed E-state index contributed by atoms with van der Waals surface area (Å²) in [5, 5.41) is 0. The van der Waals surface area contributed by atoms with Gasteiger partial charge in [0.2, 0.25) is 0 Å². The minimum atomic E-state index is -0.296. The van der Waals surface area contributed by atoms with Crippen molar-refractivity contribution in [3.63, 3.8) is 0 Å². The lowest BCUT2D eigenvalue weighted by Gasteiger charge is -2.15. The summed E-state index contributed by atoms with van der Waals surface area (Å²) in [4.78, 5) is 21.0. The van der Waals surface area contributed by atoms with E-state index in [9.17, 15) is 4.79 Å². The van der Waals surface area contributed by atoms with Crippen molar-refractivity contribution >= 4 is 5.78 Å². The maximum atomic E-state index is 12.0. The number of aryl methyl sites for hydroxylation is 1. The van der Waals surface area contributed by atoms with Gasteiger partial charge in [-0.05, 0) is 24.8 Å². The molecule has 3 rings (SSSR count). The van der Waals surface area contributed by atoms with Crippen LogP contribution in [0.4, 0.5) is 0 Å². The predicted molar refractivity (Wildman–Crippen MR) is 79.2 cm³/mol. The molecular weight excluding hydrogens is 264 g/mol. The van der Waals surface area contributed by atoms with Crippen molar-refractivity contribution < 1.29 is 9.53 Å². The molecule has 1 heterocycles. The Morgan fingerprint density at radius 2 is 1.90 bits per heavy atom. The zero-order valence-corrected chi connectivity index (χ0v) is 12.1. The van der Waals surface area contributed by atoms with Crippen LogP contribution in [0.5, 0.6) is 0 Å². The smallest absolute Gasteiger partial charge is 0.166 e. The number of aromatic nitrogens is 2. The van der Waals surface area contributed by atoms with Gasteiger partial charge in [-0.3, -0.25) is 4.79 Å². The number of rotatable bonds is 3. The van der Waals surface area contributed by atoms with Crippen LogP contribution in [0.3, 0.4) is 0 Å². The first-order valence-corrected chi connectivity index (χ1v) is 7.26. The molecule has 4 nitrogen and oxygen atoms in total. The Morgan fingerprint density at radius 3 is 2.67 bits per heavy atom. The fourth-order valence-electron chi connectivity index (χ4n) is 2.71. The first kappa shape index (κ1) is 13.9. The van der Waals surface area contributed by atoms with Gasteiger partial charge >= 0.3 is 0 Å². The number of Topliss-reactive ketones (excluding diaryl/α,β-unsaturated/α-hetero) is 1. The third-order valence-electron chi connectivity index (χ3n) is 3.83. The van der Waals surface area contributed by atoms with Gasteiger partial charge in [0.25, 0.3) is 0 Å². The van der Waals surface area contributed by atoms with Gasteiger partial charge < -0.3 is 4.74 Å². The highest BCUT2D eigenvalue weighted by molar-refractivity contribution is 5.97. The van der Waals surface area contributed by atoms with Crippen LogP contribution in [-0.4, -0.2) is 22.9 Å². The number of benzene rings is 1. The fraction of sp³-hybridized carbons (Fsp3) is 0.353. The lowest BCUT2D eigenvalue weighted by molar-refractivity contribution is 0.0980. The van der Waals surface area contributed by atoms with Crippen LogP contribution < -0.4 is 0 Å². The molecule has 21 heavy (non-hydrogen) atoms. The maximum Gasteiger partial charge on any atom is 0.166 e. The van der Waals surface area contributed by atoms with Gasteiger partial charge in [-0.1, -0.05) is 30.3 Å². The molecule has 2 aromatic rings. The lowest BCUT2D eigenvalue weighted by atomic mass is 10.1. The number of carbonyl (C=O) groups is 1. The molecule has 1 unspecified atom stereocenters. The Hall–Kier alpha value is -2.07. The SMILES string of the molecule is COC(c1ccccc1)c1ncc2c(n1)CCCCC2=O. The first-order chi connectivity index (χ1) is 10.3. The van der Waals surface area contributed by atoms with Crippen LogP contribution in [0, 0.1) is 0 Å². The Bertz CT molecular complexity index is 640. The minimum Gasteiger partial charge on any atom is -0.369 e. The van der Waals surface area contributed by atoms with Crippen LogP contribution >= 0.6 is 0 Å². The van der Waals surface area contributed by atoms with Gasteiger partial charge in [0.05, 0.1) is 11.3 Å². The molecule has 0 bridgehead atoms. The number of ketones is 1. The quantitative estimate of drug-likeness (QED) is 0.812. The normalized spacial score (nSPS) is 16.1. The number of hydrogen-bond donors (Lipinski definition) is 0. The lowest BCUT2D eigenvalue weighted by Crippen LogP contribution is -2.12. The Kier molecular flexibility index (Phi) is 4.06. The summed E-state index contributed by atoms with van der Waals surface area (Å²) in [5.74, 6) is 0.778. The Balaban J connectivity index is 1.99. The summed E-state index contributed by atoms with van der Waals surface area (Å²) in [7, 11) is 1.65. The predicted octanol–water partition coefficient (Wildman–Crippen LogP) is 3.12. The molecular formula is C17H18N2O2. The molecule has 1 aromatic carbocycles. The topological polar surface area (TPSA) is 52.1 Å². The van der Waals surface area contributed by atoms with E-state index < -0.39 is 0 Å². The van der Waals surface area contributed by atoms with Gasteiger partial charge in [0, 0.05) is 19.7 Å². The Labute approximate surface area is 124 Å². The van der Waals surface area contributed by atoms with Crippen LogP contribution in [0.25, 0.3) is 0 Å². The van der Waals surface area contributed by atoms with E-state index in [0.717, 1.165) is 30.5 Å². The molecule has 1 aliphatic carbocycles. The number of fused-ring (bicyclic) bond motifs is 1. The van der Waals surface area contributed by atoms with Gasteiger partial charge in [-0.15, -0.1) is 0 Å². The van der Waals surface area contributed by atoms with E-state index in [1.807, 2.05) is 30.3 Å². The third kappa shape index (κ3) is 2.85. The monoisotopic (exact) mass is 282 g/mol. The number of hydrogen-bond acceptors (Lipinski definition) is 4. The van der Waals surface area contributed by atoms with Crippen molar-refractivity contribution in [2.75, 3.05) is 7.11 Å². The van der Waals surface area contributed by atoms with E-state index >= 15 is 0 Å². The van der Waals surface area contributed by atoms with Gasteiger partial charge in [-0.2, -0.15) is 0 Å². The summed E-state index contributed by atoms with van der Waals surface area (Å²) in [6.07, 6.45) is 4.73.